The van der Waals surface area contributed by atoms with Crippen molar-refractivity contribution in [3.8, 4) is 0 Å². The summed E-state index contributed by atoms with van der Waals surface area (Å²) in [6, 6.07) is 6.31. The Kier molecular flexibility index (Phi) is 3.92. The van der Waals surface area contributed by atoms with Crippen LogP contribution in [0.15, 0.2) is 30.5 Å². The first-order chi connectivity index (χ1) is 10.2. The SMILES string of the molecule is CCN1C(=O)CS[C@@H]1c1cn(Cc2ccc(F)cc2)nn1. The molecule has 0 saturated carbocycles. The molecular weight excluding hydrogens is 291 g/mol. The van der Waals surface area contributed by atoms with E-state index in [1.165, 1.54) is 12.1 Å². The average Bonchev–Trinajstić information content (AvgIpc) is 3.07. The van der Waals surface area contributed by atoms with E-state index in [9.17, 15) is 9.18 Å². The molecule has 3 rings (SSSR count). The van der Waals surface area contributed by atoms with Crippen LogP contribution < -0.4 is 0 Å². The summed E-state index contributed by atoms with van der Waals surface area (Å²) in [4.78, 5) is 13.5. The smallest absolute Gasteiger partial charge is 0.233 e. The van der Waals surface area contributed by atoms with Gasteiger partial charge in [0.1, 0.15) is 16.9 Å². The summed E-state index contributed by atoms with van der Waals surface area (Å²) in [5, 5.41) is 8.21. The molecule has 0 unspecified atom stereocenters. The molecule has 1 amide bonds. The number of aromatic nitrogens is 3. The van der Waals surface area contributed by atoms with E-state index in [4.69, 9.17) is 0 Å². The lowest BCUT2D eigenvalue weighted by Gasteiger charge is -2.19. The average molecular weight is 306 g/mol. The number of nitrogens with zero attached hydrogens (tertiary/aromatic N) is 4. The standard InChI is InChI=1S/C14H15FN4OS/c1-2-19-13(20)9-21-14(19)12-8-18(17-16-12)7-10-3-5-11(15)6-4-10/h3-6,8,14H,2,7,9H2,1H3/t14-/m1/s1. The lowest BCUT2D eigenvalue weighted by atomic mass is 10.2. The third-order valence-corrected chi connectivity index (χ3v) is 4.60. The Balaban J connectivity index is 1.74. The molecule has 1 aliphatic rings. The molecule has 0 N–H and O–H groups in total. The molecule has 2 aromatic rings. The molecule has 5 nitrogen and oxygen atoms in total. The van der Waals surface area contributed by atoms with Crippen molar-refractivity contribution in [1.29, 1.82) is 0 Å². The van der Waals surface area contributed by atoms with E-state index in [0.717, 1.165) is 11.3 Å². The highest BCUT2D eigenvalue weighted by Crippen LogP contribution is 2.36. The number of benzene rings is 1. The van der Waals surface area contributed by atoms with Gasteiger partial charge in [0.05, 0.1) is 18.5 Å². The summed E-state index contributed by atoms with van der Waals surface area (Å²) in [5.74, 6) is 0.377. The Morgan fingerprint density at radius 3 is 2.86 bits per heavy atom. The fourth-order valence-electron chi connectivity index (χ4n) is 2.32. The van der Waals surface area contributed by atoms with Gasteiger partial charge in [-0.3, -0.25) is 4.79 Å². The molecule has 0 aliphatic carbocycles. The fraction of sp³-hybridized carbons (Fsp3) is 0.357. The van der Waals surface area contributed by atoms with Crippen LogP contribution in [0.1, 0.15) is 23.6 Å². The van der Waals surface area contributed by atoms with Crippen molar-refractivity contribution >= 4 is 17.7 Å². The number of rotatable bonds is 4. The molecule has 0 spiro atoms. The molecule has 1 saturated heterocycles. The van der Waals surface area contributed by atoms with Gasteiger partial charge in [0.2, 0.25) is 5.91 Å². The van der Waals surface area contributed by atoms with Gasteiger partial charge in [-0.1, -0.05) is 17.3 Å². The third kappa shape index (κ3) is 2.92. The van der Waals surface area contributed by atoms with Gasteiger partial charge in [-0.25, -0.2) is 9.07 Å². The van der Waals surface area contributed by atoms with E-state index < -0.39 is 0 Å². The van der Waals surface area contributed by atoms with Crippen molar-refractivity contribution < 1.29 is 9.18 Å². The van der Waals surface area contributed by atoms with Crippen LogP contribution in [0.3, 0.4) is 0 Å². The number of carbonyl (C=O) groups is 1. The van der Waals surface area contributed by atoms with Crippen LogP contribution >= 0.6 is 11.8 Å². The zero-order valence-corrected chi connectivity index (χ0v) is 12.4. The lowest BCUT2D eigenvalue weighted by Crippen LogP contribution is -2.27. The molecule has 0 bridgehead atoms. The molecule has 2 heterocycles. The minimum absolute atomic E-state index is 0.0514. The molecule has 7 heteroatoms. The minimum atomic E-state index is -0.252. The van der Waals surface area contributed by atoms with Crippen molar-refractivity contribution in [2.24, 2.45) is 0 Å². The van der Waals surface area contributed by atoms with Gasteiger partial charge in [0.25, 0.3) is 0 Å². The van der Waals surface area contributed by atoms with Gasteiger partial charge >= 0.3 is 0 Å². The number of carbonyl (C=O) groups excluding carboxylic acids is 1. The first-order valence-corrected chi connectivity index (χ1v) is 7.78. The van der Waals surface area contributed by atoms with E-state index in [1.807, 2.05) is 13.1 Å². The Labute approximate surface area is 126 Å². The number of thioether (sulfide) groups is 1. The fourth-order valence-corrected chi connectivity index (χ4v) is 3.51. The van der Waals surface area contributed by atoms with Gasteiger partial charge in [-0.2, -0.15) is 0 Å². The second-order valence-corrected chi connectivity index (χ2v) is 5.88. The molecular formula is C14H15FN4OS. The van der Waals surface area contributed by atoms with E-state index in [-0.39, 0.29) is 17.1 Å². The zero-order valence-electron chi connectivity index (χ0n) is 11.6. The summed E-state index contributed by atoms with van der Waals surface area (Å²) >= 11 is 1.57. The topological polar surface area (TPSA) is 51.0 Å². The number of hydrogen-bond donors (Lipinski definition) is 0. The van der Waals surface area contributed by atoms with Gasteiger partial charge < -0.3 is 4.90 Å². The van der Waals surface area contributed by atoms with Gasteiger partial charge in [-0.05, 0) is 24.6 Å². The highest BCUT2D eigenvalue weighted by molar-refractivity contribution is 8.00. The zero-order chi connectivity index (χ0) is 14.8. The predicted octanol–water partition coefficient (Wildman–Crippen LogP) is 2.06. The van der Waals surface area contributed by atoms with Crippen LogP contribution in [0.2, 0.25) is 0 Å². The third-order valence-electron chi connectivity index (χ3n) is 3.38. The first-order valence-electron chi connectivity index (χ1n) is 6.73. The summed E-state index contributed by atoms with van der Waals surface area (Å²) in [6.07, 6.45) is 1.85. The van der Waals surface area contributed by atoms with Crippen LogP contribution in [0.4, 0.5) is 4.39 Å². The first kappa shape index (κ1) is 14.1. The van der Waals surface area contributed by atoms with Crippen LogP contribution in [0.25, 0.3) is 0 Å². The van der Waals surface area contributed by atoms with Gasteiger partial charge in [0, 0.05) is 6.54 Å². The molecule has 1 aromatic carbocycles. The number of amides is 1. The van der Waals surface area contributed by atoms with E-state index in [1.54, 1.807) is 33.5 Å². The van der Waals surface area contributed by atoms with Crippen molar-refractivity contribution in [2.45, 2.75) is 18.8 Å². The van der Waals surface area contributed by atoms with E-state index >= 15 is 0 Å². The second-order valence-electron chi connectivity index (χ2n) is 4.81. The van der Waals surface area contributed by atoms with Crippen molar-refractivity contribution in [3.63, 3.8) is 0 Å². The van der Waals surface area contributed by atoms with Crippen LogP contribution in [0.5, 0.6) is 0 Å². The van der Waals surface area contributed by atoms with Crippen LogP contribution in [-0.2, 0) is 11.3 Å². The van der Waals surface area contributed by atoms with Crippen LogP contribution in [-0.4, -0.2) is 38.1 Å². The monoisotopic (exact) mass is 306 g/mol. The molecule has 1 fully saturated rings. The summed E-state index contributed by atoms with van der Waals surface area (Å²) < 4.78 is 14.6. The lowest BCUT2D eigenvalue weighted by molar-refractivity contribution is -0.127. The Bertz CT molecular complexity index is 643. The second kappa shape index (κ2) is 5.85. The highest BCUT2D eigenvalue weighted by Gasteiger charge is 2.33. The quantitative estimate of drug-likeness (QED) is 0.867. The number of halogens is 1. The maximum atomic E-state index is 12.9. The maximum absolute atomic E-state index is 12.9. The van der Waals surface area contributed by atoms with Crippen molar-refractivity contribution in [3.05, 3.63) is 47.5 Å². The molecule has 1 atom stereocenters. The summed E-state index contributed by atoms with van der Waals surface area (Å²) in [6.45, 7) is 3.16. The Morgan fingerprint density at radius 1 is 1.38 bits per heavy atom. The van der Waals surface area contributed by atoms with E-state index in [0.29, 0.717) is 18.8 Å². The maximum Gasteiger partial charge on any atom is 0.233 e. The molecule has 110 valence electrons. The summed E-state index contributed by atoms with van der Waals surface area (Å²) in [7, 11) is 0. The van der Waals surface area contributed by atoms with Gasteiger partial charge in [0.15, 0.2) is 0 Å². The molecule has 1 aromatic heterocycles. The molecule has 0 radical (unpaired) electrons. The Morgan fingerprint density at radius 2 is 2.14 bits per heavy atom. The predicted molar refractivity (Wildman–Crippen MR) is 78.1 cm³/mol. The highest BCUT2D eigenvalue weighted by atomic mass is 32.2. The normalized spacial score (nSPS) is 18.5. The van der Waals surface area contributed by atoms with Crippen molar-refractivity contribution in [2.75, 3.05) is 12.3 Å². The van der Waals surface area contributed by atoms with Crippen LogP contribution in [0, 0.1) is 5.82 Å². The minimum Gasteiger partial charge on any atom is -0.324 e. The number of hydrogen-bond acceptors (Lipinski definition) is 4. The van der Waals surface area contributed by atoms with E-state index in [2.05, 4.69) is 10.3 Å². The molecule has 1 aliphatic heterocycles. The Hall–Kier alpha value is -1.89. The summed E-state index contributed by atoms with van der Waals surface area (Å²) in [5.41, 5.74) is 1.74. The largest absolute Gasteiger partial charge is 0.324 e. The molecule has 21 heavy (non-hydrogen) atoms. The van der Waals surface area contributed by atoms with Gasteiger partial charge in [-0.15, -0.1) is 16.9 Å². The van der Waals surface area contributed by atoms with Crippen molar-refractivity contribution in [1.82, 2.24) is 19.9 Å².